The van der Waals surface area contributed by atoms with Crippen LogP contribution in [0.15, 0.2) is 29.6 Å². The number of benzene rings is 1. The molecule has 0 saturated carbocycles. The van der Waals surface area contributed by atoms with Crippen LogP contribution in [-0.2, 0) is 28.0 Å². The monoisotopic (exact) mass is 618 g/mol. The number of nitrogens with one attached hydrogen (secondary N) is 1. The minimum absolute atomic E-state index is 0.0305. The number of aromatic nitrogens is 6. The summed E-state index contributed by atoms with van der Waals surface area (Å²) in [7, 11) is 0. The lowest BCUT2D eigenvalue weighted by Gasteiger charge is -2.20. The van der Waals surface area contributed by atoms with E-state index in [1.165, 1.54) is 35.1 Å². The van der Waals surface area contributed by atoms with Crippen LogP contribution in [0.5, 0.6) is 0 Å². The number of anilines is 2. The summed E-state index contributed by atoms with van der Waals surface area (Å²) < 4.78 is 30.6. The predicted octanol–water partition coefficient (Wildman–Crippen LogP) is 4.78. The molecule has 5 aromatic rings. The molecule has 5 heterocycles. The molecule has 0 aliphatic carbocycles. The van der Waals surface area contributed by atoms with Gasteiger partial charge in [-0.25, -0.2) is 33.4 Å². The first-order chi connectivity index (χ1) is 20.7. The number of aryl methyl sites for hydroxylation is 2. The summed E-state index contributed by atoms with van der Waals surface area (Å²) in [5.41, 5.74) is 6.71. The summed E-state index contributed by atoms with van der Waals surface area (Å²) in [6.07, 6.45) is 0.177. The van der Waals surface area contributed by atoms with Gasteiger partial charge in [-0.15, -0.1) is 11.3 Å². The molecular formula is C30H28F2N8O3S. The minimum atomic E-state index is -1.32. The first-order valence-electron chi connectivity index (χ1n) is 13.7. The molecular weight excluding hydrogens is 590 g/mol. The van der Waals surface area contributed by atoms with E-state index in [-0.39, 0.29) is 41.6 Å². The van der Waals surface area contributed by atoms with Crippen molar-refractivity contribution in [2.45, 2.75) is 53.0 Å². The summed E-state index contributed by atoms with van der Waals surface area (Å²) in [5.74, 6) is -2.91. The summed E-state index contributed by atoms with van der Waals surface area (Å²) >= 11 is 1.23. The maximum atomic E-state index is 14.8. The van der Waals surface area contributed by atoms with Crippen molar-refractivity contribution in [2.75, 3.05) is 11.1 Å². The van der Waals surface area contributed by atoms with Crippen molar-refractivity contribution < 1.29 is 23.5 Å². The van der Waals surface area contributed by atoms with Crippen LogP contribution in [0, 0.1) is 30.9 Å². The standard InChI is InChI=1S/C30H28F2N8O3S/c1-13-6-8-15(20(32)19(13)31)11-40-25-17(9-7-14(2)34-25)21(39-40)24-36-22(33)18-23(37-24)38-26(41)30(18,5)27-35-16(12-44-27)10-29(3,4)28(42)43/h6-9,12H,10-11H2,1-5H3,(H,42,43)(H3,33,36,37,38,41). The average Bonchev–Trinajstić information content (AvgIpc) is 3.63. The van der Waals surface area contributed by atoms with Gasteiger partial charge in [0.15, 0.2) is 23.1 Å². The molecule has 226 valence electrons. The van der Waals surface area contributed by atoms with E-state index in [9.17, 15) is 23.5 Å². The van der Waals surface area contributed by atoms with Gasteiger partial charge in [0.2, 0.25) is 5.91 Å². The second-order valence-electron chi connectivity index (χ2n) is 11.7. The van der Waals surface area contributed by atoms with E-state index >= 15 is 0 Å². The Balaban J connectivity index is 1.42. The Kier molecular flexibility index (Phi) is 6.72. The van der Waals surface area contributed by atoms with E-state index in [1.54, 1.807) is 45.2 Å². The average molecular weight is 619 g/mol. The summed E-state index contributed by atoms with van der Waals surface area (Å²) in [5, 5.41) is 19.7. The van der Waals surface area contributed by atoms with Crippen molar-refractivity contribution in [2.24, 2.45) is 5.41 Å². The second-order valence-corrected chi connectivity index (χ2v) is 12.6. The smallest absolute Gasteiger partial charge is 0.309 e. The number of nitrogens with zero attached hydrogens (tertiary/aromatic N) is 6. The normalized spacial score (nSPS) is 16.4. The van der Waals surface area contributed by atoms with Crippen molar-refractivity contribution in [3.8, 4) is 11.5 Å². The number of halogens is 2. The van der Waals surface area contributed by atoms with Crippen LogP contribution in [0.25, 0.3) is 22.6 Å². The SMILES string of the molecule is Cc1ccc2c(-c3nc(N)c4c(n3)NC(=O)C4(C)c3nc(CC(C)(C)C(=O)O)cs3)nn(Cc3ccc(C)c(F)c3F)c2n1. The van der Waals surface area contributed by atoms with E-state index in [0.29, 0.717) is 38.7 Å². The number of carboxylic acids is 1. The van der Waals surface area contributed by atoms with Gasteiger partial charge in [0.1, 0.15) is 27.8 Å². The number of hydrogen-bond acceptors (Lipinski definition) is 9. The molecule has 1 aromatic carbocycles. The molecule has 0 spiro atoms. The Morgan fingerprint density at radius 3 is 2.59 bits per heavy atom. The van der Waals surface area contributed by atoms with Gasteiger partial charge in [-0.2, -0.15) is 5.10 Å². The first-order valence-corrected chi connectivity index (χ1v) is 14.5. The highest BCUT2D eigenvalue weighted by Gasteiger charge is 2.50. The number of nitrogens with two attached hydrogens (primary N) is 1. The Morgan fingerprint density at radius 1 is 1.11 bits per heavy atom. The van der Waals surface area contributed by atoms with Crippen LogP contribution >= 0.6 is 11.3 Å². The predicted molar refractivity (Wildman–Crippen MR) is 160 cm³/mol. The van der Waals surface area contributed by atoms with Crippen molar-refractivity contribution in [3.05, 3.63) is 74.4 Å². The molecule has 0 fully saturated rings. The molecule has 0 bridgehead atoms. The zero-order valence-corrected chi connectivity index (χ0v) is 25.3. The number of aliphatic carboxylic acids is 1. The van der Waals surface area contributed by atoms with Gasteiger partial charge in [0.25, 0.3) is 0 Å². The van der Waals surface area contributed by atoms with E-state index in [1.807, 2.05) is 0 Å². The highest BCUT2D eigenvalue weighted by molar-refractivity contribution is 7.10. The molecule has 1 unspecified atom stereocenters. The summed E-state index contributed by atoms with van der Waals surface area (Å²) in [6, 6.07) is 6.57. The molecule has 1 amide bonds. The third-order valence-corrected chi connectivity index (χ3v) is 9.04. The second kappa shape index (κ2) is 10.1. The van der Waals surface area contributed by atoms with Crippen molar-refractivity contribution >= 4 is 45.9 Å². The number of carbonyl (C=O) groups is 2. The largest absolute Gasteiger partial charge is 0.481 e. The number of pyridine rings is 1. The number of rotatable bonds is 7. The number of hydrogen-bond donors (Lipinski definition) is 3. The molecule has 0 radical (unpaired) electrons. The molecule has 14 heteroatoms. The Bertz CT molecular complexity index is 2020. The van der Waals surface area contributed by atoms with Gasteiger partial charge < -0.3 is 16.2 Å². The minimum Gasteiger partial charge on any atom is -0.481 e. The fourth-order valence-electron chi connectivity index (χ4n) is 5.26. The molecule has 1 aliphatic rings. The quantitative estimate of drug-likeness (QED) is 0.233. The lowest BCUT2D eigenvalue weighted by molar-refractivity contribution is -0.146. The fraction of sp³-hybridized carbons (Fsp3) is 0.300. The van der Waals surface area contributed by atoms with Gasteiger partial charge in [0.05, 0.1) is 28.6 Å². The number of fused-ring (bicyclic) bond motifs is 2. The number of nitrogen functional groups attached to an aromatic ring is 1. The molecule has 4 aromatic heterocycles. The van der Waals surface area contributed by atoms with Crippen LogP contribution in [0.1, 0.15) is 53.9 Å². The fourth-order valence-corrected chi connectivity index (χ4v) is 6.24. The molecule has 6 rings (SSSR count). The van der Waals surface area contributed by atoms with Crippen molar-refractivity contribution in [3.63, 3.8) is 0 Å². The summed E-state index contributed by atoms with van der Waals surface area (Å²) in [4.78, 5) is 43.4. The first kappa shape index (κ1) is 29.2. The van der Waals surface area contributed by atoms with Crippen LogP contribution in [0.2, 0.25) is 0 Å². The van der Waals surface area contributed by atoms with Crippen LogP contribution in [0.3, 0.4) is 0 Å². The molecule has 11 nitrogen and oxygen atoms in total. The zero-order chi connectivity index (χ0) is 31.7. The third kappa shape index (κ3) is 4.56. The molecule has 44 heavy (non-hydrogen) atoms. The van der Waals surface area contributed by atoms with Crippen LogP contribution in [-0.4, -0.2) is 46.7 Å². The molecule has 1 aliphatic heterocycles. The Hall–Kier alpha value is -4.85. The number of amides is 1. The van der Waals surface area contributed by atoms with E-state index in [0.717, 1.165) is 0 Å². The number of carboxylic acid groups (broad SMARTS) is 1. The Labute approximate surface area is 254 Å². The highest BCUT2D eigenvalue weighted by atomic mass is 32.1. The number of thiazole rings is 1. The van der Waals surface area contributed by atoms with Gasteiger partial charge in [-0.1, -0.05) is 12.1 Å². The van der Waals surface area contributed by atoms with Gasteiger partial charge in [-0.3, -0.25) is 9.59 Å². The third-order valence-electron chi connectivity index (χ3n) is 7.93. The summed E-state index contributed by atoms with van der Waals surface area (Å²) in [6.45, 7) is 8.08. The lowest BCUT2D eigenvalue weighted by Crippen LogP contribution is -2.33. The van der Waals surface area contributed by atoms with E-state index < -0.39 is 34.3 Å². The zero-order valence-electron chi connectivity index (χ0n) is 24.5. The molecule has 0 saturated heterocycles. The maximum Gasteiger partial charge on any atom is 0.309 e. The van der Waals surface area contributed by atoms with Gasteiger partial charge >= 0.3 is 5.97 Å². The van der Waals surface area contributed by atoms with Crippen LogP contribution in [0.4, 0.5) is 20.4 Å². The topological polar surface area (TPSA) is 162 Å². The molecule has 1 atom stereocenters. The molecule has 4 N–H and O–H groups in total. The highest BCUT2D eigenvalue weighted by Crippen LogP contribution is 2.46. The lowest BCUT2D eigenvalue weighted by atomic mass is 9.85. The van der Waals surface area contributed by atoms with Crippen molar-refractivity contribution in [1.29, 1.82) is 0 Å². The van der Waals surface area contributed by atoms with Crippen molar-refractivity contribution in [1.82, 2.24) is 29.7 Å². The maximum absolute atomic E-state index is 14.8. The van der Waals surface area contributed by atoms with E-state index in [2.05, 4.69) is 30.4 Å². The van der Waals surface area contributed by atoms with Gasteiger partial charge in [-0.05, 0) is 52.3 Å². The van der Waals surface area contributed by atoms with Gasteiger partial charge in [0, 0.05) is 23.1 Å². The van der Waals surface area contributed by atoms with E-state index in [4.69, 9.17) is 5.73 Å². The number of carbonyl (C=O) groups excluding carboxylic acids is 1. The Morgan fingerprint density at radius 2 is 1.86 bits per heavy atom. The van der Waals surface area contributed by atoms with Crippen LogP contribution < -0.4 is 11.1 Å².